The SMILES string of the molecule is CC(C)Cc1cc(CC[Si](C)(C)C)cc(CC(C)C)c1O. The normalized spacial score (nSPS) is 12.4. The summed E-state index contributed by atoms with van der Waals surface area (Å²) in [6, 6.07) is 5.82. The van der Waals surface area contributed by atoms with E-state index >= 15 is 0 Å². The van der Waals surface area contributed by atoms with E-state index in [9.17, 15) is 5.11 Å². The Kier molecular flexibility index (Phi) is 6.52. The standard InChI is InChI=1S/C19H34OSi/c1-14(2)10-17-12-16(8-9-21(5,6)7)13-18(19(17)20)11-15(3)4/h12-15,20H,8-11H2,1-7H3. The van der Waals surface area contributed by atoms with Gasteiger partial charge >= 0.3 is 0 Å². The molecule has 1 aromatic rings. The summed E-state index contributed by atoms with van der Waals surface area (Å²) in [4.78, 5) is 0. The summed E-state index contributed by atoms with van der Waals surface area (Å²) < 4.78 is 0. The molecule has 0 saturated heterocycles. The van der Waals surface area contributed by atoms with Gasteiger partial charge in [0.1, 0.15) is 5.75 Å². The van der Waals surface area contributed by atoms with E-state index < -0.39 is 8.07 Å². The van der Waals surface area contributed by atoms with E-state index in [0.29, 0.717) is 17.6 Å². The Morgan fingerprint density at radius 2 is 1.33 bits per heavy atom. The predicted molar refractivity (Wildman–Crippen MR) is 97.0 cm³/mol. The van der Waals surface area contributed by atoms with Crippen LogP contribution in [-0.2, 0) is 19.3 Å². The van der Waals surface area contributed by atoms with Crippen molar-refractivity contribution >= 4 is 8.07 Å². The van der Waals surface area contributed by atoms with E-state index in [1.54, 1.807) is 0 Å². The van der Waals surface area contributed by atoms with E-state index in [0.717, 1.165) is 30.4 Å². The summed E-state index contributed by atoms with van der Waals surface area (Å²) in [5.41, 5.74) is 3.71. The molecule has 0 aliphatic rings. The van der Waals surface area contributed by atoms with Gasteiger partial charge in [-0.1, -0.05) is 65.5 Å². The number of hydrogen-bond donors (Lipinski definition) is 1. The summed E-state index contributed by atoms with van der Waals surface area (Å²) in [6.45, 7) is 16.2. The highest BCUT2D eigenvalue weighted by Crippen LogP contribution is 2.30. The van der Waals surface area contributed by atoms with Crippen molar-refractivity contribution in [2.24, 2.45) is 11.8 Å². The highest BCUT2D eigenvalue weighted by molar-refractivity contribution is 6.76. The summed E-state index contributed by atoms with van der Waals surface area (Å²) >= 11 is 0. The van der Waals surface area contributed by atoms with Gasteiger partial charge in [0.05, 0.1) is 0 Å². The largest absolute Gasteiger partial charge is 0.507 e. The zero-order chi connectivity index (χ0) is 16.2. The highest BCUT2D eigenvalue weighted by atomic mass is 28.3. The van der Waals surface area contributed by atoms with E-state index in [4.69, 9.17) is 0 Å². The minimum absolute atomic E-state index is 0.550. The number of phenolic OH excluding ortho intramolecular Hbond substituents is 1. The molecule has 0 amide bonds. The predicted octanol–water partition coefficient (Wildman–Crippen LogP) is 5.67. The third-order valence-electron chi connectivity index (χ3n) is 3.75. The quantitative estimate of drug-likeness (QED) is 0.643. The minimum atomic E-state index is -1.01. The van der Waals surface area contributed by atoms with Crippen molar-refractivity contribution < 1.29 is 5.11 Å². The van der Waals surface area contributed by atoms with Gasteiger partial charge in [0.2, 0.25) is 0 Å². The molecule has 21 heavy (non-hydrogen) atoms. The fourth-order valence-electron chi connectivity index (χ4n) is 2.69. The first kappa shape index (κ1) is 18.3. The van der Waals surface area contributed by atoms with Crippen molar-refractivity contribution in [1.29, 1.82) is 0 Å². The maximum Gasteiger partial charge on any atom is 0.121 e. The fraction of sp³-hybridized carbons (Fsp3) is 0.684. The van der Waals surface area contributed by atoms with E-state index in [-0.39, 0.29) is 0 Å². The molecule has 1 rings (SSSR count). The minimum Gasteiger partial charge on any atom is -0.507 e. The molecule has 0 unspecified atom stereocenters. The molecule has 1 nitrogen and oxygen atoms in total. The van der Waals surface area contributed by atoms with Crippen LogP contribution in [0.25, 0.3) is 0 Å². The second-order valence-corrected chi connectivity index (χ2v) is 14.1. The number of phenols is 1. The zero-order valence-corrected chi connectivity index (χ0v) is 16.1. The van der Waals surface area contributed by atoms with Gasteiger partial charge < -0.3 is 5.11 Å². The first-order valence-corrected chi connectivity index (χ1v) is 12.1. The summed E-state index contributed by atoms with van der Waals surface area (Å²) in [5, 5.41) is 10.5. The van der Waals surface area contributed by atoms with Gasteiger partial charge in [-0.2, -0.15) is 0 Å². The lowest BCUT2D eigenvalue weighted by Crippen LogP contribution is -2.20. The molecule has 0 spiro atoms. The fourth-order valence-corrected chi connectivity index (χ4v) is 3.73. The highest BCUT2D eigenvalue weighted by Gasteiger charge is 2.16. The third-order valence-corrected chi connectivity index (χ3v) is 5.50. The molecule has 1 N–H and O–H groups in total. The van der Waals surface area contributed by atoms with Crippen LogP contribution in [0, 0.1) is 11.8 Å². The second kappa shape index (κ2) is 7.48. The van der Waals surface area contributed by atoms with E-state index in [2.05, 4.69) is 59.5 Å². The molecule has 0 atom stereocenters. The van der Waals surface area contributed by atoms with Crippen LogP contribution in [0.2, 0.25) is 25.7 Å². The smallest absolute Gasteiger partial charge is 0.121 e. The molecule has 2 heteroatoms. The molecule has 0 bridgehead atoms. The summed E-state index contributed by atoms with van der Waals surface area (Å²) in [6.07, 6.45) is 3.10. The lowest BCUT2D eigenvalue weighted by Gasteiger charge is -2.19. The molecule has 0 aliphatic heterocycles. The van der Waals surface area contributed by atoms with Gasteiger partial charge in [0.15, 0.2) is 0 Å². The van der Waals surface area contributed by atoms with Crippen LogP contribution >= 0.6 is 0 Å². The van der Waals surface area contributed by atoms with Crippen molar-refractivity contribution in [3.63, 3.8) is 0 Å². The molecule has 0 fully saturated rings. The van der Waals surface area contributed by atoms with Crippen LogP contribution in [0.3, 0.4) is 0 Å². The maximum atomic E-state index is 10.5. The second-order valence-electron chi connectivity index (χ2n) is 8.52. The Hall–Kier alpha value is -0.763. The Bertz CT molecular complexity index is 424. The van der Waals surface area contributed by atoms with Crippen molar-refractivity contribution in [2.45, 2.75) is 72.6 Å². The van der Waals surface area contributed by atoms with Crippen molar-refractivity contribution in [2.75, 3.05) is 0 Å². The summed E-state index contributed by atoms with van der Waals surface area (Å²) in [7, 11) is -1.01. The monoisotopic (exact) mass is 306 g/mol. The van der Waals surface area contributed by atoms with Gasteiger partial charge in [0, 0.05) is 8.07 Å². The Labute approximate surface area is 132 Å². The van der Waals surface area contributed by atoms with Crippen LogP contribution in [0.4, 0.5) is 0 Å². The number of rotatable bonds is 7. The molecule has 0 aromatic heterocycles. The number of aromatic hydroxyl groups is 1. The average molecular weight is 307 g/mol. The van der Waals surface area contributed by atoms with Crippen LogP contribution < -0.4 is 0 Å². The Morgan fingerprint density at radius 1 is 0.905 bits per heavy atom. The zero-order valence-electron chi connectivity index (χ0n) is 15.1. The first-order valence-electron chi connectivity index (χ1n) is 8.42. The molecule has 0 aliphatic carbocycles. The lowest BCUT2D eigenvalue weighted by molar-refractivity contribution is 0.450. The van der Waals surface area contributed by atoms with Crippen LogP contribution in [0.1, 0.15) is 44.4 Å². The molecule has 0 radical (unpaired) electrons. The van der Waals surface area contributed by atoms with Gasteiger partial charge in [-0.3, -0.25) is 0 Å². The molecular weight excluding hydrogens is 272 g/mol. The third kappa shape index (κ3) is 6.69. The van der Waals surface area contributed by atoms with E-state index in [1.165, 1.54) is 11.6 Å². The van der Waals surface area contributed by atoms with Gasteiger partial charge in [-0.25, -0.2) is 0 Å². The first-order chi connectivity index (χ1) is 9.58. The summed E-state index contributed by atoms with van der Waals surface area (Å²) in [5.74, 6) is 1.71. The van der Waals surface area contributed by atoms with Crippen LogP contribution in [-0.4, -0.2) is 13.2 Å². The lowest BCUT2D eigenvalue weighted by atomic mass is 9.92. The van der Waals surface area contributed by atoms with Gasteiger partial charge in [-0.15, -0.1) is 0 Å². The van der Waals surface area contributed by atoms with Crippen LogP contribution in [0.15, 0.2) is 12.1 Å². The maximum absolute atomic E-state index is 10.5. The van der Waals surface area contributed by atoms with Crippen molar-refractivity contribution in [3.05, 3.63) is 28.8 Å². The number of aryl methyl sites for hydroxylation is 1. The Balaban J connectivity index is 3.07. The van der Waals surface area contributed by atoms with Crippen LogP contribution in [0.5, 0.6) is 5.75 Å². The molecule has 120 valence electrons. The topological polar surface area (TPSA) is 20.2 Å². The van der Waals surface area contributed by atoms with E-state index in [1.807, 2.05) is 0 Å². The van der Waals surface area contributed by atoms with Crippen molar-refractivity contribution in [3.8, 4) is 5.75 Å². The van der Waals surface area contributed by atoms with Crippen molar-refractivity contribution in [1.82, 2.24) is 0 Å². The Morgan fingerprint density at radius 3 is 1.67 bits per heavy atom. The number of benzene rings is 1. The molecule has 1 aromatic carbocycles. The molecule has 0 saturated carbocycles. The van der Waals surface area contributed by atoms with Gasteiger partial charge in [0.25, 0.3) is 0 Å². The number of hydrogen-bond acceptors (Lipinski definition) is 1. The molecule has 0 heterocycles. The average Bonchev–Trinajstić information content (AvgIpc) is 2.29. The molecular formula is C19H34OSi. The van der Waals surface area contributed by atoms with Gasteiger partial charge in [-0.05, 0) is 47.8 Å².